The fraction of sp³-hybridized carbons (Fsp3) is 0.0667. The third-order valence-corrected chi connectivity index (χ3v) is 3.35. The summed E-state index contributed by atoms with van der Waals surface area (Å²) in [5.74, 6) is 2.30. The molecule has 0 aliphatic carbocycles. The predicted octanol–water partition coefficient (Wildman–Crippen LogP) is 1.69. The quantitative estimate of drug-likeness (QED) is 0.611. The topological polar surface area (TPSA) is 99.2 Å². The zero-order valence-corrected chi connectivity index (χ0v) is 12.8. The van der Waals surface area contributed by atoms with Crippen LogP contribution in [0.15, 0.2) is 55.5 Å². The number of hydrogen-bond donors (Lipinski definition) is 1. The Hall–Kier alpha value is -3.62. The van der Waals surface area contributed by atoms with E-state index in [2.05, 4.69) is 35.5 Å². The smallest absolute Gasteiger partial charge is 0.254 e. The van der Waals surface area contributed by atoms with E-state index < -0.39 is 0 Å². The van der Waals surface area contributed by atoms with E-state index in [1.807, 2.05) is 25.3 Å². The van der Waals surface area contributed by atoms with Gasteiger partial charge in [0.15, 0.2) is 5.82 Å². The number of hydrogen-bond acceptors (Lipinski definition) is 7. The molecule has 0 saturated carbocycles. The van der Waals surface area contributed by atoms with Gasteiger partial charge in [-0.3, -0.25) is 4.98 Å². The summed E-state index contributed by atoms with van der Waals surface area (Å²) in [5.41, 5.74) is 0.834. The summed E-state index contributed by atoms with van der Waals surface area (Å²) in [6, 6.07) is 3.65. The second-order valence-corrected chi connectivity index (χ2v) is 4.94. The van der Waals surface area contributed by atoms with E-state index in [1.165, 1.54) is 0 Å². The number of nitrogens with one attached hydrogen (secondary N) is 1. The van der Waals surface area contributed by atoms with Gasteiger partial charge in [-0.15, -0.1) is 0 Å². The molecular weight excluding hydrogens is 306 g/mol. The van der Waals surface area contributed by atoms with Gasteiger partial charge >= 0.3 is 0 Å². The SMILES string of the molecule is Cc1c(Nc2cnccn2)nc(-n2cccn2)nc1-n1cccn1. The highest BCUT2D eigenvalue weighted by molar-refractivity contribution is 5.59. The lowest BCUT2D eigenvalue weighted by atomic mass is 10.3. The molecule has 118 valence electrons. The van der Waals surface area contributed by atoms with Crippen LogP contribution in [0.2, 0.25) is 0 Å². The normalized spacial score (nSPS) is 10.7. The van der Waals surface area contributed by atoms with Crippen molar-refractivity contribution in [3.8, 4) is 11.8 Å². The lowest BCUT2D eigenvalue weighted by molar-refractivity contribution is 0.770. The first-order chi connectivity index (χ1) is 11.8. The van der Waals surface area contributed by atoms with Crippen LogP contribution in [0, 0.1) is 6.92 Å². The molecule has 0 aliphatic heterocycles. The van der Waals surface area contributed by atoms with Crippen molar-refractivity contribution in [3.05, 3.63) is 61.1 Å². The molecule has 9 heteroatoms. The largest absolute Gasteiger partial charge is 0.323 e. The highest BCUT2D eigenvalue weighted by Gasteiger charge is 2.14. The zero-order chi connectivity index (χ0) is 16.4. The molecule has 4 heterocycles. The molecule has 0 aliphatic rings. The Morgan fingerprint density at radius 1 is 0.917 bits per heavy atom. The molecule has 9 nitrogen and oxygen atoms in total. The van der Waals surface area contributed by atoms with E-state index in [9.17, 15) is 0 Å². The third kappa shape index (κ3) is 2.58. The van der Waals surface area contributed by atoms with E-state index >= 15 is 0 Å². The van der Waals surface area contributed by atoms with Crippen LogP contribution in [-0.4, -0.2) is 39.5 Å². The van der Waals surface area contributed by atoms with E-state index in [1.54, 1.807) is 46.5 Å². The fourth-order valence-corrected chi connectivity index (χ4v) is 2.21. The maximum absolute atomic E-state index is 4.57. The van der Waals surface area contributed by atoms with Crippen molar-refractivity contribution < 1.29 is 0 Å². The van der Waals surface area contributed by atoms with Gasteiger partial charge in [0.1, 0.15) is 11.6 Å². The van der Waals surface area contributed by atoms with Crippen molar-refractivity contribution in [2.24, 2.45) is 0 Å². The van der Waals surface area contributed by atoms with Gasteiger partial charge in [-0.25, -0.2) is 14.3 Å². The maximum atomic E-state index is 4.57. The molecule has 0 amide bonds. The summed E-state index contributed by atoms with van der Waals surface area (Å²) in [5, 5.41) is 11.6. The summed E-state index contributed by atoms with van der Waals surface area (Å²) in [6.45, 7) is 1.92. The Labute approximate surface area is 137 Å². The monoisotopic (exact) mass is 319 g/mol. The second-order valence-electron chi connectivity index (χ2n) is 4.94. The van der Waals surface area contributed by atoms with Gasteiger partial charge in [0, 0.05) is 42.7 Å². The van der Waals surface area contributed by atoms with Crippen LogP contribution in [0.3, 0.4) is 0 Å². The Balaban J connectivity index is 1.85. The molecule has 4 aromatic rings. The van der Waals surface area contributed by atoms with E-state index in [0.29, 0.717) is 23.4 Å². The summed E-state index contributed by atoms with van der Waals surface area (Å²) in [6.07, 6.45) is 11.8. The first kappa shape index (κ1) is 14.0. The van der Waals surface area contributed by atoms with Gasteiger partial charge in [-0.05, 0) is 19.1 Å². The Kier molecular flexibility index (Phi) is 3.43. The van der Waals surface area contributed by atoms with Crippen molar-refractivity contribution in [1.29, 1.82) is 0 Å². The minimum atomic E-state index is 0.433. The highest BCUT2D eigenvalue weighted by Crippen LogP contribution is 2.22. The van der Waals surface area contributed by atoms with Crippen LogP contribution in [-0.2, 0) is 0 Å². The van der Waals surface area contributed by atoms with Gasteiger partial charge in [0.25, 0.3) is 5.95 Å². The Morgan fingerprint density at radius 2 is 1.71 bits per heavy atom. The van der Waals surface area contributed by atoms with Gasteiger partial charge in [-0.1, -0.05) is 0 Å². The van der Waals surface area contributed by atoms with Gasteiger partial charge in [-0.2, -0.15) is 20.2 Å². The van der Waals surface area contributed by atoms with Crippen molar-refractivity contribution >= 4 is 11.6 Å². The average Bonchev–Trinajstić information content (AvgIpc) is 3.31. The molecule has 4 aromatic heterocycles. The molecule has 0 radical (unpaired) electrons. The molecule has 0 saturated heterocycles. The number of rotatable bonds is 4. The van der Waals surface area contributed by atoms with E-state index in [0.717, 1.165) is 5.56 Å². The molecule has 0 atom stereocenters. The first-order valence-electron chi connectivity index (χ1n) is 7.23. The number of nitrogens with zero attached hydrogens (tertiary/aromatic N) is 8. The molecule has 0 spiro atoms. The van der Waals surface area contributed by atoms with Crippen molar-refractivity contribution in [1.82, 2.24) is 39.5 Å². The van der Waals surface area contributed by atoms with Gasteiger partial charge in [0.2, 0.25) is 0 Å². The molecule has 0 fully saturated rings. The van der Waals surface area contributed by atoms with Crippen LogP contribution < -0.4 is 5.32 Å². The summed E-state index contributed by atoms with van der Waals surface area (Å²) < 4.78 is 3.28. The minimum absolute atomic E-state index is 0.433. The molecular formula is C15H13N9. The second kappa shape index (κ2) is 5.88. The molecule has 0 aromatic carbocycles. The predicted molar refractivity (Wildman–Crippen MR) is 86.3 cm³/mol. The van der Waals surface area contributed by atoms with E-state index in [4.69, 9.17) is 0 Å². The van der Waals surface area contributed by atoms with Gasteiger partial charge < -0.3 is 5.32 Å². The van der Waals surface area contributed by atoms with Crippen LogP contribution in [0.25, 0.3) is 11.8 Å². The molecule has 1 N–H and O–H groups in total. The first-order valence-corrected chi connectivity index (χ1v) is 7.23. The summed E-state index contributed by atoms with van der Waals surface area (Å²) in [7, 11) is 0. The molecule has 0 unspecified atom stereocenters. The van der Waals surface area contributed by atoms with Crippen molar-refractivity contribution in [2.75, 3.05) is 5.32 Å². The third-order valence-electron chi connectivity index (χ3n) is 3.35. The average molecular weight is 319 g/mol. The van der Waals surface area contributed by atoms with Crippen LogP contribution in [0.1, 0.15) is 5.56 Å². The fourth-order valence-electron chi connectivity index (χ4n) is 2.21. The van der Waals surface area contributed by atoms with Crippen LogP contribution >= 0.6 is 0 Å². The van der Waals surface area contributed by atoms with Crippen molar-refractivity contribution in [3.63, 3.8) is 0 Å². The zero-order valence-electron chi connectivity index (χ0n) is 12.8. The Bertz CT molecular complexity index is 931. The number of anilines is 2. The standard InChI is InChI=1S/C15H13N9/c1-11-13(20-12-10-16-6-7-17-12)21-15(24-9-3-5-19-24)22-14(11)23-8-2-4-18-23/h2-10H,1H3,(H,17,20,21,22). The van der Waals surface area contributed by atoms with Crippen LogP contribution in [0.4, 0.5) is 11.6 Å². The Morgan fingerprint density at radius 3 is 2.38 bits per heavy atom. The summed E-state index contributed by atoms with van der Waals surface area (Å²) in [4.78, 5) is 17.4. The number of aromatic nitrogens is 8. The summed E-state index contributed by atoms with van der Waals surface area (Å²) >= 11 is 0. The lowest BCUT2D eigenvalue weighted by Gasteiger charge is -2.13. The van der Waals surface area contributed by atoms with Gasteiger partial charge in [0.05, 0.1) is 6.20 Å². The maximum Gasteiger partial charge on any atom is 0.254 e. The molecule has 24 heavy (non-hydrogen) atoms. The lowest BCUT2D eigenvalue weighted by Crippen LogP contribution is -2.12. The van der Waals surface area contributed by atoms with Crippen LogP contribution in [0.5, 0.6) is 0 Å². The molecule has 4 rings (SSSR count). The molecule has 0 bridgehead atoms. The van der Waals surface area contributed by atoms with E-state index in [-0.39, 0.29) is 0 Å². The van der Waals surface area contributed by atoms with Crippen molar-refractivity contribution in [2.45, 2.75) is 6.92 Å². The highest BCUT2D eigenvalue weighted by atomic mass is 15.4. The minimum Gasteiger partial charge on any atom is -0.323 e.